The second kappa shape index (κ2) is 2.46. The summed E-state index contributed by atoms with van der Waals surface area (Å²) in [4.78, 5) is 2.49. The predicted molar refractivity (Wildman–Crippen MR) is 44.4 cm³/mol. The molecule has 64 valence electrons. The maximum absolute atomic E-state index is 9.08. The lowest BCUT2D eigenvalue weighted by atomic mass is 10.1. The third-order valence-corrected chi connectivity index (χ3v) is 3.07. The number of rotatable bonds is 2. The van der Waals surface area contributed by atoms with Crippen molar-refractivity contribution in [1.29, 1.82) is 0 Å². The number of fused-ring (bicyclic) bond motifs is 1. The molecule has 2 nitrogen and oxygen atoms in total. The van der Waals surface area contributed by atoms with E-state index in [0.717, 1.165) is 12.0 Å². The second-order valence-electron chi connectivity index (χ2n) is 4.18. The van der Waals surface area contributed by atoms with Gasteiger partial charge < -0.3 is 5.11 Å². The van der Waals surface area contributed by atoms with E-state index in [2.05, 4.69) is 18.7 Å². The van der Waals surface area contributed by atoms with Crippen molar-refractivity contribution < 1.29 is 5.11 Å². The highest BCUT2D eigenvalue weighted by Crippen LogP contribution is 2.48. The Morgan fingerprint density at radius 3 is 2.64 bits per heavy atom. The van der Waals surface area contributed by atoms with Crippen molar-refractivity contribution in [2.24, 2.45) is 5.92 Å². The molecule has 1 heterocycles. The standard InChI is InChI=1S/C9H17NO/c1-6(2)10-8(5-11)3-7-4-9(7)10/h6-9,11H,3-5H2,1-2H3. The van der Waals surface area contributed by atoms with Crippen LogP contribution in [0.5, 0.6) is 0 Å². The highest BCUT2D eigenvalue weighted by atomic mass is 16.3. The molecule has 1 N–H and O–H groups in total. The summed E-state index contributed by atoms with van der Waals surface area (Å²) in [6.45, 7) is 4.80. The van der Waals surface area contributed by atoms with Crippen molar-refractivity contribution in [3.05, 3.63) is 0 Å². The average Bonchev–Trinajstić information content (AvgIpc) is 2.61. The molecule has 3 unspecified atom stereocenters. The molecule has 1 saturated carbocycles. The molecule has 1 aliphatic carbocycles. The van der Waals surface area contributed by atoms with Gasteiger partial charge in [-0.3, -0.25) is 4.90 Å². The van der Waals surface area contributed by atoms with E-state index >= 15 is 0 Å². The second-order valence-corrected chi connectivity index (χ2v) is 4.18. The molecule has 1 aliphatic heterocycles. The van der Waals surface area contributed by atoms with Gasteiger partial charge in [-0.2, -0.15) is 0 Å². The van der Waals surface area contributed by atoms with Crippen LogP contribution in [0.3, 0.4) is 0 Å². The summed E-state index contributed by atoms with van der Waals surface area (Å²) in [5.74, 6) is 0.926. The number of likely N-dealkylation sites (tertiary alicyclic amines) is 1. The Kier molecular flexibility index (Phi) is 1.69. The van der Waals surface area contributed by atoms with E-state index in [4.69, 9.17) is 5.11 Å². The summed E-state index contributed by atoms with van der Waals surface area (Å²) in [6.07, 6.45) is 2.62. The van der Waals surface area contributed by atoms with Crippen molar-refractivity contribution in [1.82, 2.24) is 4.90 Å². The van der Waals surface area contributed by atoms with Gasteiger partial charge in [0.2, 0.25) is 0 Å². The van der Waals surface area contributed by atoms with Crippen LogP contribution in [0.25, 0.3) is 0 Å². The summed E-state index contributed by atoms with van der Waals surface area (Å²) in [5, 5.41) is 9.08. The van der Waals surface area contributed by atoms with Gasteiger partial charge in [0, 0.05) is 18.1 Å². The summed E-state index contributed by atoms with van der Waals surface area (Å²) in [7, 11) is 0. The van der Waals surface area contributed by atoms with Gasteiger partial charge in [-0.15, -0.1) is 0 Å². The fraction of sp³-hybridized carbons (Fsp3) is 1.00. The van der Waals surface area contributed by atoms with E-state index < -0.39 is 0 Å². The van der Waals surface area contributed by atoms with Crippen molar-refractivity contribution >= 4 is 0 Å². The molecule has 2 aliphatic rings. The zero-order valence-electron chi connectivity index (χ0n) is 7.33. The molecule has 3 atom stereocenters. The van der Waals surface area contributed by atoms with E-state index in [1.54, 1.807) is 0 Å². The fourth-order valence-electron chi connectivity index (χ4n) is 2.57. The SMILES string of the molecule is CC(C)N1C(CO)CC2CC21. The van der Waals surface area contributed by atoms with E-state index in [1.165, 1.54) is 12.8 Å². The summed E-state index contributed by atoms with van der Waals surface area (Å²) < 4.78 is 0. The van der Waals surface area contributed by atoms with Crippen LogP contribution in [-0.4, -0.2) is 34.7 Å². The van der Waals surface area contributed by atoms with Crippen molar-refractivity contribution in [3.63, 3.8) is 0 Å². The number of hydrogen-bond acceptors (Lipinski definition) is 2. The molecule has 0 radical (unpaired) electrons. The monoisotopic (exact) mass is 155 g/mol. The van der Waals surface area contributed by atoms with Crippen LogP contribution in [0, 0.1) is 5.92 Å². The Bertz CT molecular complexity index is 158. The van der Waals surface area contributed by atoms with Gasteiger partial charge in [-0.05, 0) is 32.6 Å². The lowest BCUT2D eigenvalue weighted by molar-refractivity contribution is 0.111. The maximum Gasteiger partial charge on any atom is 0.0587 e. The predicted octanol–water partition coefficient (Wildman–Crippen LogP) is 0.850. The van der Waals surface area contributed by atoms with Crippen molar-refractivity contribution in [2.45, 2.75) is 44.8 Å². The molecule has 0 bridgehead atoms. The van der Waals surface area contributed by atoms with Crippen LogP contribution in [0.2, 0.25) is 0 Å². The van der Waals surface area contributed by atoms with Gasteiger partial charge in [0.05, 0.1) is 6.61 Å². The molecule has 0 aromatic heterocycles. The minimum Gasteiger partial charge on any atom is -0.395 e. The van der Waals surface area contributed by atoms with Gasteiger partial charge in [-0.1, -0.05) is 0 Å². The Morgan fingerprint density at radius 1 is 1.45 bits per heavy atom. The molecule has 0 spiro atoms. The van der Waals surface area contributed by atoms with Crippen LogP contribution in [-0.2, 0) is 0 Å². The Morgan fingerprint density at radius 2 is 2.18 bits per heavy atom. The molecular weight excluding hydrogens is 138 g/mol. The first kappa shape index (κ1) is 7.56. The lowest BCUT2D eigenvalue weighted by Crippen LogP contribution is -2.40. The van der Waals surface area contributed by atoms with Gasteiger partial charge in [0.15, 0.2) is 0 Å². The van der Waals surface area contributed by atoms with E-state index in [1.807, 2.05) is 0 Å². The molecule has 2 heteroatoms. The highest BCUT2D eigenvalue weighted by molar-refractivity contribution is 5.06. The normalized spacial score (nSPS) is 43.1. The molecule has 0 aromatic rings. The topological polar surface area (TPSA) is 23.5 Å². The van der Waals surface area contributed by atoms with Gasteiger partial charge in [0.25, 0.3) is 0 Å². The van der Waals surface area contributed by atoms with Crippen LogP contribution >= 0.6 is 0 Å². The average molecular weight is 155 g/mol. The zero-order chi connectivity index (χ0) is 8.01. The minimum atomic E-state index is 0.352. The zero-order valence-corrected chi connectivity index (χ0v) is 7.33. The van der Waals surface area contributed by atoms with E-state index in [0.29, 0.717) is 18.7 Å². The number of nitrogens with zero attached hydrogens (tertiary/aromatic N) is 1. The van der Waals surface area contributed by atoms with Gasteiger partial charge >= 0.3 is 0 Å². The van der Waals surface area contributed by atoms with Crippen molar-refractivity contribution in [2.75, 3.05) is 6.61 Å². The molecule has 2 rings (SSSR count). The minimum absolute atomic E-state index is 0.352. The number of aliphatic hydroxyl groups is 1. The third-order valence-electron chi connectivity index (χ3n) is 3.07. The van der Waals surface area contributed by atoms with Crippen LogP contribution in [0.15, 0.2) is 0 Å². The molecule has 0 aromatic carbocycles. The number of hydrogen-bond donors (Lipinski definition) is 1. The van der Waals surface area contributed by atoms with Gasteiger partial charge in [-0.25, -0.2) is 0 Å². The Hall–Kier alpha value is -0.0800. The largest absolute Gasteiger partial charge is 0.395 e. The molecule has 0 amide bonds. The van der Waals surface area contributed by atoms with Crippen LogP contribution in [0.4, 0.5) is 0 Å². The number of piperidine rings is 1. The quantitative estimate of drug-likeness (QED) is 0.639. The molecule has 1 saturated heterocycles. The van der Waals surface area contributed by atoms with Gasteiger partial charge in [0.1, 0.15) is 0 Å². The first-order valence-electron chi connectivity index (χ1n) is 4.62. The number of aliphatic hydroxyl groups excluding tert-OH is 1. The van der Waals surface area contributed by atoms with Crippen LogP contribution < -0.4 is 0 Å². The third kappa shape index (κ3) is 1.09. The maximum atomic E-state index is 9.08. The fourth-order valence-corrected chi connectivity index (χ4v) is 2.57. The van der Waals surface area contributed by atoms with Crippen LogP contribution in [0.1, 0.15) is 26.7 Å². The van der Waals surface area contributed by atoms with Crippen molar-refractivity contribution in [3.8, 4) is 0 Å². The molecule has 2 fully saturated rings. The summed E-state index contributed by atoms with van der Waals surface area (Å²) in [5.41, 5.74) is 0. The molecule has 11 heavy (non-hydrogen) atoms. The first-order chi connectivity index (χ1) is 5.24. The Balaban J connectivity index is 2.03. The highest BCUT2D eigenvalue weighted by Gasteiger charge is 2.52. The van der Waals surface area contributed by atoms with E-state index in [9.17, 15) is 0 Å². The first-order valence-corrected chi connectivity index (χ1v) is 4.62. The smallest absolute Gasteiger partial charge is 0.0587 e. The van der Waals surface area contributed by atoms with E-state index in [-0.39, 0.29) is 0 Å². The Labute approximate surface area is 68.2 Å². The molecular formula is C9H17NO. The summed E-state index contributed by atoms with van der Waals surface area (Å²) >= 11 is 0. The lowest BCUT2D eigenvalue weighted by Gasteiger charge is -2.29. The summed E-state index contributed by atoms with van der Waals surface area (Å²) in [6, 6.07) is 1.91.